The molecule has 0 saturated carbocycles. The van der Waals surface area contributed by atoms with E-state index >= 15 is 0 Å². The molecule has 2 aromatic heterocycles. The zero-order valence-electron chi connectivity index (χ0n) is 18.4. The Balaban J connectivity index is 1.48. The molecular formula is C24H28N6O2. The zero-order chi connectivity index (χ0) is 22.5. The second-order valence-corrected chi connectivity index (χ2v) is 8.11. The number of piperidine rings is 1. The number of aromatic amines is 1. The average Bonchev–Trinajstić information content (AvgIpc) is 3.34. The van der Waals surface area contributed by atoms with Crippen molar-refractivity contribution >= 4 is 17.6 Å². The lowest BCUT2D eigenvalue weighted by atomic mass is 9.92. The number of nitrogens with one attached hydrogen (secondary N) is 2. The Morgan fingerprint density at radius 2 is 2.06 bits per heavy atom. The van der Waals surface area contributed by atoms with E-state index in [-0.39, 0.29) is 17.7 Å². The molecule has 1 atom stereocenters. The lowest BCUT2D eigenvalue weighted by molar-refractivity contribution is 0.0705. The van der Waals surface area contributed by atoms with Crippen LogP contribution in [0.15, 0.2) is 54.9 Å². The maximum atomic E-state index is 13.2. The van der Waals surface area contributed by atoms with Crippen molar-refractivity contribution in [1.29, 1.82) is 0 Å². The van der Waals surface area contributed by atoms with Gasteiger partial charge in [-0.05, 0) is 30.5 Å². The molecule has 1 aromatic carbocycles. The number of pyridine rings is 1. The van der Waals surface area contributed by atoms with Crippen LogP contribution in [0.2, 0.25) is 0 Å². The molecule has 4 rings (SSSR count). The van der Waals surface area contributed by atoms with Crippen LogP contribution in [0.5, 0.6) is 0 Å². The van der Waals surface area contributed by atoms with E-state index in [1.165, 1.54) is 0 Å². The first-order valence-electron chi connectivity index (χ1n) is 10.8. The summed E-state index contributed by atoms with van der Waals surface area (Å²) in [7, 11) is 3.57. The molecule has 3 heterocycles. The third kappa shape index (κ3) is 4.64. The number of hydrogen-bond donors (Lipinski definition) is 2. The highest BCUT2D eigenvalue weighted by molar-refractivity contribution is 5.96. The summed E-state index contributed by atoms with van der Waals surface area (Å²) in [4.78, 5) is 34.0. The van der Waals surface area contributed by atoms with Crippen molar-refractivity contribution in [3.8, 4) is 0 Å². The quantitative estimate of drug-likeness (QED) is 0.624. The number of carbonyl (C=O) groups excluding carboxylic acids is 2. The molecule has 8 nitrogen and oxygen atoms in total. The monoisotopic (exact) mass is 432 g/mol. The molecule has 0 aliphatic carbocycles. The zero-order valence-corrected chi connectivity index (χ0v) is 18.4. The smallest absolute Gasteiger partial charge is 0.257 e. The van der Waals surface area contributed by atoms with Crippen LogP contribution in [0.1, 0.15) is 50.7 Å². The second kappa shape index (κ2) is 9.64. The van der Waals surface area contributed by atoms with E-state index in [1.807, 2.05) is 35.2 Å². The lowest BCUT2D eigenvalue weighted by Gasteiger charge is -2.33. The number of aromatic nitrogens is 3. The van der Waals surface area contributed by atoms with Gasteiger partial charge in [0.05, 0.1) is 17.5 Å². The number of amides is 2. The number of anilines is 1. The van der Waals surface area contributed by atoms with Gasteiger partial charge in [0, 0.05) is 51.4 Å². The van der Waals surface area contributed by atoms with Crippen molar-refractivity contribution in [2.75, 3.05) is 32.5 Å². The Morgan fingerprint density at radius 3 is 2.84 bits per heavy atom. The molecule has 3 aromatic rings. The Kier molecular flexibility index (Phi) is 6.49. The molecular weight excluding hydrogens is 404 g/mol. The molecule has 2 amide bonds. The summed E-state index contributed by atoms with van der Waals surface area (Å²) in [6.07, 6.45) is 5.00. The number of H-pyrrole nitrogens is 1. The van der Waals surface area contributed by atoms with Crippen LogP contribution in [0, 0.1) is 0 Å². The van der Waals surface area contributed by atoms with E-state index in [1.54, 1.807) is 43.5 Å². The summed E-state index contributed by atoms with van der Waals surface area (Å²) >= 11 is 0. The minimum Gasteiger partial charge on any atom is -0.373 e. The summed E-state index contributed by atoms with van der Waals surface area (Å²) in [6.45, 7) is 1.76. The van der Waals surface area contributed by atoms with Gasteiger partial charge in [-0.25, -0.2) is 4.98 Å². The number of hydrogen-bond acceptors (Lipinski definition) is 5. The SMILES string of the molecule is CNc1cc(C(=O)N2CCC[C@@H](c3[nH]ncc3C(=O)N(C)Cc3ccccc3)C2)ccn1. The van der Waals surface area contributed by atoms with E-state index in [9.17, 15) is 9.59 Å². The van der Waals surface area contributed by atoms with Gasteiger partial charge >= 0.3 is 0 Å². The van der Waals surface area contributed by atoms with Crippen LogP contribution in [0.3, 0.4) is 0 Å². The summed E-state index contributed by atoms with van der Waals surface area (Å²) < 4.78 is 0. The first-order valence-corrected chi connectivity index (χ1v) is 10.8. The molecule has 0 unspecified atom stereocenters. The predicted octanol–water partition coefficient (Wildman–Crippen LogP) is 3.14. The van der Waals surface area contributed by atoms with Crippen molar-refractivity contribution < 1.29 is 9.59 Å². The maximum Gasteiger partial charge on any atom is 0.257 e. The molecule has 1 aliphatic rings. The van der Waals surface area contributed by atoms with Crippen LogP contribution in [-0.2, 0) is 6.54 Å². The highest BCUT2D eigenvalue weighted by Crippen LogP contribution is 2.29. The van der Waals surface area contributed by atoms with Crippen molar-refractivity contribution in [3.05, 3.63) is 77.2 Å². The van der Waals surface area contributed by atoms with E-state index in [0.29, 0.717) is 36.6 Å². The van der Waals surface area contributed by atoms with Crippen LogP contribution >= 0.6 is 0 Å². The van der Waals surface area contributed by atoms with Gasteiger partial charge in [-0.15, -0.1) is 0 Å². The molecule has 1 fully saturated rings. The van der Waals surface area contributed by atoms with E-state index in [0.717, 1.165) is 24.1 Å². The predicted molar refractivity (Wildman–Crippen MR) is 122 cm³/mol. The number of likely N-dealkylation sites (tertiary alicyclic amines) is 1. The Morgan fingerprint density at radius 1 is 1.25 bits per heavy atom. The molecule has 2 N–H and O–H groups in total. The highest BCUT2D eigenvalue weighted by atomic mass is 16.2. The normalized spacial score (nSPS) is 15.9. The molecule has 0 radical (unpaired) electrons. The topological polar surface area (TPSA) is 94.2 Å². The summed E-state index contributed by atoms with van der Waals surface area (Å²) in [5.41, 5.74) is 3.05. The van der Waals surface area contributed by atoms with Gasteiger partial charge in [-0.3, -0.25) is 14.7 Å². The number of benzene rings is 1. The summed E-state index contributed by atoms with van der Waals surface area (Å²) in [6, 6.07) is 13.4. The van der Waals surface area contributed by atoms with Crippen molar-refractivity contribution in [2.24, 2.45) is 0 Å². The second-order valence-electron chi connectivity index (χ2n) is 8.11. The molecule has 0 spiro atoms. The summed E-state index contributed by atoms with van der Waals surface area (Å²) in [5, 5.41) is 10.2. The molecule has 1 aliphatic heterocycles. The van der Waals surface area contributed by atoms with Crippen LogP contribution in [0.25, 0.3) is 0 Å². The first-order chi connectivity index (χ1) is 15.6. The van der Waals surface area contributed by atoms with Gasteiger partial charge < -0.3 is 15.1 Å². The van der Waals surface area contributed by atoms with Crippen molar-refractivity contribution in [2.45, 2.75) is 25.3 Å². The van der Waals surface area contributed by atoms with Crippen LogP contribution in [-0.4, -0.2) is 64.0 Å². The van der Waals surface area contributed by atoms with E-state index in [4.69, 9.17) is 0 Å². The van der Waals surface area contributed by atoms with Crippen molar-refractivity contribution in [1.82, 2.24) is 25.0 Å². The lowest BCUT2D eigenvalue weighted by Crippen LogP contribution is -2.39. The van der Waals surface area contributed by atoms with Gasteiger partial charge in [-0.1, -0.05) is 30.3 Å². The van der Waals surface area contributed by atoms with Gasteiger partial charge in [0.1, 0.15) is 5.82 Å². The van der Waals surface area contributed by atoms with Crippen molar-refractivity contribution in [3.63, 3.8) is 0 Å². The minimum atomic E-state index is -0.0751. The Labute approximate surface area is 187 Å². The van der Waals surface area contributed by atoms with Crippen LogP contribution in [0.4, 0.5) is 5.82 Å². The molecule has 166 valence electrons. The van der Waals surface area contributed by atoms with Gasteiger partial charge in [0.25, 0.3) is 11.8 Å². The molecule has 8 heteroatoms. The number of rotatable bonds is 6. The Hall–Kier alpha value is -3.68. The largest absolute Gasteiger partial charge is 0.373 e. The fourth-order valence-electron chi connectivity index (χ4n) is 4.19. The number of carbonyl (C=O) groups is 2. The number of nitrogens with zero attached hydrogens (tertiary/aromatic N) is 4. The third-order valence-corrected chi connectivity index (χ3v) is 5.89. The Bertz CT molecular complexity index is 1080. The third-order valence-electron chi connectivity index (χ3n) is 5.89. The van der Waals surface area contributed by atoms with Gasteiger partial charge in [-0.2, -0.15) is 5.10 Å². The van der Waals surface area contributed by atoms with Crippen LogP contribution < -0.4 is 5.32 Å². The molecule has 32 heavy (non-hydrogen) atoms. The minimum absolute atomic E-state index is 0.0258. The summed E-state index contributed by atoms with van der Waals surface area (Å²) in [5.74, 6) is 0.591. The fourth-order valence-corrected chi connectivity index (χ4v) is 4.19. The van der Waals surface area contributed by atoms with E-state index < -0.39 is 0 Å². The fraction of sp³-hybridized carbons (Fsp3) is 0.333. The molecule has 1 saturated heterocycles. The first kappa shape index (κ1) is 21.5. The standard InChI is InChI=1S/C24H28N6O2/c1-25-21-13-18(10-11-26-21)23(31)30-12-6-9-19(16-30)22-20(14-27-28-22)24(32)29(2)15-17-7-4-3-5-8-17/h3-5,7-8,10-11,13-14,19H,6,9,12,15-16H2,1-2H3,(H,25,26)(H,27,28)/t19-/m1/s1. The average molecular weight is 433 g/mol. The van der Waals surface area contributed by atoms with Gasteiger partial charge in [0.15, 0.2) is 0 Å². The van der Waals surface area contributed by atoms with Gasteiger partial charge in [0.2, 0.25) is 0 Å². The highest BCUT2D eigenvalue weighted by Gasteiger charge is 2.30. The molecule has 0 bridgehead atoms. The van der Waals surface area contributed by atoms with E-state index in [2.05, 4.69) is 20.5 Å². The maximum absolute atomic E-state index is 13.2.